The van der Waals surface area contributed by atoms with Crippen LogP contribution in [0.5, 0.6) is 5.75 Å². The number of carbonyl (C=O) groups excluding carboxylic acids is 1. The van der Waals surface area contributed by atoms with Crippen LogP contribution in [0.25, 0.3) is 5.82 Å². The van der Waals surface area contributed by atoms with Gasteiger partial charge in [-0.25, -0.2) is 15.0 Å². The summed E-state index contributed by atoms with van der Waals surface area (Å²) in [6.45, 7) is 1.88. The summed E-state index contributed by atoms with van der Waals surface area (Å²) in [4.78, 5) is 24.6. The predicted molar refractivity (Wildman–Crippen MR) is 93.8 cm³/mol. The van der Waals surface area contributed by atoms with E-state index in [0.717, 1.165) is 17.1 Å². The molecule has 1 aromatic carbocycles. The van der Waals surface area contributed by atoms with Gasteiger partial charge in [-0.15, -0.1) is 0 Å². The fourth-order valence-electron chi connectivity index (χ4n) is 2.42. The Bertz CT molecular complexity index is 858. The van der Waals surface area contributed by atoms with Crippen molar-refractivity contribution in [1.82, 2.24) is 19.5 Å². The highest BCUT2D eigenvalue weighted by atomic mass is 16.5. The maximum Gasteiger partial charge on any atom is 0.225 e. The summed E-state index contributed by atoms with van der Waals surface area (Å²) in [5, 5.41) is 2.81. The van der Waals surface area contributed by atoms with Crippen LogP contribution < -0.4 is 10.1 Å². The molecule has 7 nitrogen and oxygen atoms in total. The van der Waals surface area contributed by atoms with Gasteiger partial charge >= 0.3 is 0 Å². The van der Waals surface area contributed by atoms with Gasteiger partial charge in [0, 0.05) is 24.9 Å². The molecule has 0 atom stereocenters. The summed E-state index contributed by atoms with van der Waals surface area (Å²) < 4.78 is 6.95. The molecule has 0 fully saturated rings. The molecule has 0 saturated heterocycles. The Morgan fingerprint density at radius 2 is 2.00 bits per heavy atom. The SMILES string of the molecule is COc1ccc(CCC(=O)Nc2cc(-n3ccnc3C)ncn2)cc1. The Morgan fingerprint density at radius 3 is 2.68 bits per heavy atom. The molecule has 25 heavy (non-hydrogen) atoms. The largest absolute Gasteiger partial charge is 0.497 e. The van der Waals surface area contributed by atoms with E-state index in [1.54, 1.807) is 19.4 Å². The number of benzene rings is 1. The maximum atomic E-state index is 12.2. The first-order valence-corrected chi connectivity index (χ1v) is 7.91. The van der Waals surface area contributed by atoms with E-state index in [-0.39, 0.29) is 5.91 Å². The molecule has 0 aliphatic carbocycles. The molecule has 3 aromatic rings. The van der Waals surface area contributed by atoms with E-state index in [9.17, 15) is 4.79 Å². The van der Waals surface area contributed by atoms with Gasteiger partial charge in [0.2, 0.25) is 5.91 Å². The quantitative estimate of drug-likeness (QED) is 0.747. The standard InChI is InChI=1S/C18H19N5O2/c1-13-19-9-10-23(13)17-11-16(20-12-21-17)22-18(24)8-5-14-3-6-15(25-2)7-4-14/h3-4,6-7,9-12H,5,8H2,1-2H3,(H,20,21,22,24). The van der Waals surface area contributed by atoms with Gasteiger partial charge in [-0.05, 0) is 31.0 Å². The lowest BCUT2D eigenvalue weighted by atomic mass is 10.1. The summed E-state index contributed by atoms with van der Waals surface area (Å²) in [7, 11) is 1.63. The number of carbonyl (C=O) groups is 1. The zero-order valence-corrected chi connectivity index (χ0v) is 14.1. The number of ether oxygens (including phenoxy) is 1. The Labute approximate surface area is 145 Å². The number of hydrogen-bond acceptors (Lipinski definition) is 5. The minimum absolute atomic E-state index is 0.0946. The Kier molecular flexibility index (Phi) is 5.03. The van der Waals surface area contributed by atoms with Gasteiger partial charge in [0.25, 0.3) is 0 Å². The van der Waals surface area contributed by atoms with Crippen LogP contribution in [0.1, 0.15) is 17.8 Å². The second kappa shape index (κ2) is 7.57. The summed E-state index contributed by atoms with van der Waals surface area (Å²) in [6, 6.07) is 9.40. The fraction of sp³-hybridized carbons (Fsp3) is 0.222. The van der Waals surface area contributed by atoms with E-state index in [1.807, 2.05) is 42.0 Å². The molecular formula is C18H19N5O2. The van der Waals surface area contributed by atoms with Gasteiger partial charge < -0.3 is 10.1 Å². The van der Waals surface area contributed by atoms with Gasteiger partial charge in [0.1, 0.15) is 29.5 Å². The maximum absolute atomic E-state index is 12.2. The number of nitrogens with one attached hydrogen (secondary N) is 1. The van der Waals surface area contributed by atoms with Crippen molar-refractivity contribution >= 4 is 11.7 Å². The lowest BCUT2D eigenvalue weighted by Gasteiger charge is -2.08. The minimum atomic E-state index is -0.0946. The molecule has 3 rings (SSSR count). The average Bonchev–Trinajstić information content (AvgIpc) is 3.06. The van der Waals surface area contributed by atoms with Crippen molar-refractivity contribution in [3.63, 3.8) is 0 Å². The molecule has 0 aliphatic heterocycles. The van der Waals surface area contributed by atoms with E-state index in [0.29, 0.717) is 24.5 Å². The van der Waals surface area contributed by atoms with Crippen molar-refractivity contribution in [2.45, 2.75) is 19.8 Å². The van der Waals surface area contributed by atoms with Crippen LogP contribution in [0, 0.1) is 6.92 Å². The number of aromatic nitrogens is 4. The lowest BCUT2D eigenvalue weighted by molar-refractivity contribution is -0.116. The Hall–Kier alpha value is -3.22. The number of hydrogen-bond donors (Lipinski definition) is 1. The third-order valence-electron chi connectivity index (χ3n) is 3.79. The third-order valence-corrected chi connectivity index (χ3v) is 3.79. The first kappa shape index (κ1) is 16.6. The number of amides is 1. The van der Waals surface area contributed by atoms with E-state index < -0.39 is 0 Å². The van der Waals surface area contributed by atoms with Crippen LogP contribution in [0.3, 0.4) is 0 Å². The first-order valence-electron chi connectivity index (χ1n) is 7.91. The van der Waals surface area contributed by atoms with E-state index in [1.165, 1.54) is 6.33 Å². The molecule has 7 heteroatoms. The second-order valence-corrected chi connectivity index (χ2v) is 5.50. The molecule has 0 spiro atoms. The number of aryl methyl sites for hydroxylation is 2. The third kappa shape index (κ3) is 4.20. The molecular weight excluding hydrogens is 318 g/mol. The number of imidazole rings is 1. The highest BCUT2D eigenvalue weighted by Gasteiger charge is 2.07. The van der Waals surface area contributed by atoms with Crippen LogP contribution in [0.4, 0.5) is 5.82 Å². The number of methoxy groups -OCH3 is 1. The summed E-state index contributed by atoms with van der Waals surface area (Å²) in [5.74, 6) is 2.66. The normalized spacial score (nSPS) is 10.5. The summed E-state index contributed by atoms with van der Waals surface area (Å²) in [6.07, 6.45) is 5.95. The van der Waals surface area contributed by atoms with Gasteiger partial charge in [-0.2, -0.15) is 0 Å². The Morgan fingerprint density at radius 1 is 1.20 bits per heavy atom. The first-order chi connectivity index (χ1) is 12.2. The zero-order chi connectivity index (χ0) is 17.6. The number of anilines is 1. The van der Waals surface area contributed by atoms with Crippen LogP contribution in [-0.4, -0.2) is 32.5 Å². The van der Waals surface area contributed by atoms with Crippen LogP contribution in [0.2, 0.25) is 0 Å². The van der Waals surface area contributed by atoms with Gasteiger partial charge in [-0.3, -0.25) is 9.36 Å². The summed E-state index contributed by atoms with van der Waals surface area (Å²) in [5.41, 5.74) is 1.08. The molecule has 0 aliphatic rings. The predicted octanol–water partition coefficient (Wildman–Crippen LogP) is 2.55. The van der Waals surface area contributed by atoms with E-state index >= 15 is 0 Å². The number of nitrogens with zero attached hydrogens (tertiary/aromatic N) is 4. The average molecular weight is 337 g/mol. The van der Waals surface area contributed by atoms with Crippen LogP contribution in [-0.2, 0) is 11.2 Å². The molecule has 1 N–H and O–H groups in total. The van der Waals surface area contributed by atoms with Crippen molar-refractivity contribution < 1.29 is 9.53 Å². The van der Waals surface area contributed by atoms with Crippen molar-refractivity contribution in [3.8, 4) is 11.6 Å². The Balaban J connectivity index is 1.60. The topological polar surface area (TPSA) is 81.9 Å². The smallest absolute Gasteiger partial charge is 0.225 e. The van der Waals surface area contributed by atoms with Crippen molar-refractivity contribution in [2.75, 3.05) is 12.4 Å². The van der Waals surface area contributed by atoms with Gasteiger partial charge in [-0.1, -0.05) is 12.1 Å². The molecule has 0 radical (unpaired) electrons. The van der Waals surface area contributed by atoms with Gasteiger partial charge in [0.05, 0.1) is 7.11 Å². The molecule has 128 valence electrons. The lowest BCUT2D eigenvalue weighted by Crippen LogP contribution is -2.14. The summed E-state index contributed by atoms with van der Waals surface area (Å²) >= 11 is 0. The van der Waals surface area contributed by atoms with Gasteiger partial charge in [0.15, 0.2) is 0 Å². The van der Waals surface area contributed by atoms with Crippen LogP contribution >= 0.6 is 0 Å². The zero-order valence-electron chi connectivity index (χ0n) is 14.1. The van der Waals surface area contributed by atoms with E-state index in [4.69, 9.17) is 4.74 Å². The van der Waals surface area contributed by atoms with Crippen molar-refractivity contribution in [1.29, 1.82) is 0 Å². The van der Waals surface area contributed by atoms with E-state index in [2.05, 4.69) is 20.3 Å². The fourth-order valence-corrected chi connectivity index (χ4v) is 2.42. The molecule has 1 amide bonds. The highest BCUT2D eigenvalue weighted by Crippen LogP contribution is 2.14. The highest BCUT2D eigenvalue weighted by molar-refractivity contribution is 5.90. The van der Waals surface area contributed by atoms with Crippen molar-refractivity contribution in [3.05, 3.63) is 60.4 Å². The molecule has 0 unspecified atom stereocenters. The molecule has 0 bridgehead atoms. The monoisotopic (exact) mass is 337 g/mol. The minimum Gasteiger partial charge on any atom is -0.497 e. The molecule has 2 heterocycles. The molecule has 0 saturated carbocycles. The molecule has 2 aromatic heterocycles. The van der Waals surface area contributed by atoms with Crippen LogP contribution in [0.15, 0.2) is 49.1 Å². The van der Waals surface area contributed by atoms with Crippen molar-refractivity contribution in [2.24, 2.45) is 0 Å². The number of rotatable bonds is 6. The second-order valence-electron chi connectivity index (χ2n) is 5.50.